The molecule has 23 heavy (non-hydrogen) atoms. The van der Waals surface area contributed by atoms with Crippen LogP contribution in [0.25, 0.3) is 0 Å². The molecule has 0 saturated heterocycles. The third-order valence-corrected chi connectivity index (χ3v) is 3.99. The van der Waals surface area contributed by atoms with Crippen molar-refractivity contribution < 1.29 is 52.1 Å². The van der Waals surface area contributed by atoms with Crippen LogP contribution in [-0.4, -0.2) is 44.8 Å². The van der Waals surface area contributed by atoms with Gasteiger partial charge in [0.2, 0.25) is 0 Å². The zero-order chi connectivity index (χ0) is 18.3. The summed E-state index contributed by atoms with van der Waals surface area (Å²) in [5, 5.41) is -4.27. The lowest BCUT2D eigenvalue weighted by Crippen LogP contribution is -2.63. The van der Waals surface area contributed by atoms with E-state index in [0.717, 1.165) is 6.08 Å². The van der Waals surface area contributed by atoms with E-state index in [1.165, 1.54) is 0 Å². The van der Waals surface area contributed by atoms with Crippen molar-refractivity contribution in [3.05, 3.63) is 11.8 Å². The molecule has 1 aliphatic rings. The predicted octanol–water partition coefficient (Wildman–Crippen LogP) is 2.64. The molecular formula is C9H8F9NO3S. The highest BCUT2D eigenvalue weighted by molar-refractivity contribution is 7.88. The smallest absolute Gasteiger partial charge is 0.383 e. The number of halogens is 9. The van der Waals surface area contributed by atoms with Gasteiger partial charge in [-0.25, -0.2) is 0 Å². The SMILES string of the molecule is O=S(=O)(OC1=CCNCC1)C(F)(F)C(F)(F)C(F)(F)C(F)(F)F. The van der Waals surface area contributed by atoms with Crippen LogP contribution >= 0.6 is 0 Å². The van der Waals surface area contributed by atoms with Gasteiger partial charge in [-0.3, -0.25) is 0 Å². The quantitative estimate of drug-likeness (QED) is 0.588. The third-order valence-electron chi connectivity index (χ3n) is 2.67. The lowest BCUT2D eigenvalue weighted by atomic mass is 10.1. The van der Waals surface area contributed by atoms with Crippen LogP contribution in [0.3, 0.4) is 0 Å². The maximum Gasteiger partial charge on any atom is 0.460 e. The van der Waals surface area contributed by atoms with Crippen molar-refractivity contribution in [3.63, 3.8) is 0 Å². The van der Waals surface area contributed by atoms with E-state index < -0.39 is 39.2 Å². The van der Waals surface area contributed by atoms with Crippen LogP contribution in [0.5, 0.6) is 0 Å². The second kappa shape index (κ2) is 5.72. The highest BCUT2D eigenvalue weighted by Gasteiger charge is 2.86. The molecule has 0 aromatic rings. The highest BCUT2D eigenvalue weighted by Crippen LogP contribution is 2.55. The maximum absolute atomic E-state index is 13.3. The van der Waals surface area contributed by atoms with Gasteiger partial charge in [0.05, 0.1) is 0 Å². The van der Waals surface area contributed by atoms with Crippen molar-refractivity contribution in [3.8, 4) is 0 Å². The Morgan fingerprint density at radius 2 is 1.48 bits per heavy atom. The van der Waals surface area contributed by atoms with Gasteiger partial charge in [-0.2, -0.15) is 47.9 Å². The van der Waals surface area contributed by atoms with Crippen LogP contribution in [0.15, 0.2) is 11.8 Å². The number of nitrogens with one attached hydrogen (secondary N) is 1. The number of alkyl halides is 9. The molecule has 0 unspecified atom stereocenters. The van der Waals surface area contributed by atoms with Crippen LogP contribution in [0, 0.1) is 0 Å². The Morgan fingerprint density at radius 1 is 0.957 bits per heavy atom. The van der Waals surface area contributed by atoms with Crippen LogP contribution in [-0.2, 0) is 14.3 Å². The van der Waals surface area contributed by atoms with Gasteiger partial charge in [-0.15, -0.1) is 0 Å². The molecule has 0 spiro atoms. The minimum absolute atomic E-state index is 0.0119. The van der Waals surface area contributed by atoms with Crippen molar-refractivity contribution in [2.75, 3.05) is 13.1 Å². The molecule has 1 rings (SSSR count). The van der Waals surface area contributed by atoms with Gasteiger partial charge < -0.3 is 9.50 Å². The Bertz CT molecular complexity index is 582. The predicted molar refractivity (Wildman–Crippen MR) is 56.5 cm³/mol. The topological polar surface area (TPSA) is 55.4 Å². The van der Waals surface area contributed by atoms with Crippen molar-refractivity contribution in [1.29, 1.82) is 0 Å². The number of rotatable bonds is 5. The van der Waals surface area contributed by atoms with E-state index in [1.54, 1.807) is 0 Å². The fraction of sp³-hybridized carbons (Fsp3) is 0.778. The summed E-state index contributed by atoms with van der Waals surface area (Å²) in [5.41, 5.74) is 0. The minimum atomic E-state index is -7.30. The molecule has 0 amide bonds. The Balaban J connectivity index is 3.24. The highest BCUT2D eigenvalue weighted by atomic mass is 32.2. The molecule has 0 atom stereocenters. The van der Waals surface area contributed by atoms with E-state index >= 15 is 0 Å². The molecule has 14 heteroatoms. The van der Waals surface area contributed by atoms with Crippen molar-refractivity contribution in [2.24, 2.45) is 0 Å². The van der Waals surface area contributed by atoms with E-state index in [9.17, 15) is 47.9 Å². The average Bonchev–Trinajstić information content (AvgIpc) is 2.37. The van der Waals surface area contributed by atoms with Gasteiger partial charge >= 0.3 is 33.4 Å². The number of hydrogen-bond donors (Lipinski definition) is 1. The Labute approximate surface area is 123 Å². The first kappa shape index (κ1) is 19.9. The molecule has 0 fully saturated rings. The van der Waals surface area contributed by atoms with Gasteiger partial charge in [0, 0.05) is 19.5 Å². The first-order valence-corrected chi connectivity index (χ1v) is 7.02. The van der Waals surface area contributed by atoms with E-state index in [-0.39, 0.29) is 19.5 Å². The Kier molecular flexibility index (Phi) is 4.94. The summed E-state index contributed by atoms with van der Waals surface area (Å²) in [5.74, 6) is -15.4. The Hall–Kier alpha value is -1.18. The molecular weight excluding hydrogens is 373 g/mol. The minimum Gasteiger partial charge on any atom is -0.383 e. The number of hydrogen-bond acceptors (Lipinski definition) is 4. The molecule has 0 bridgehead atoms. The summed E-state index contributed by atoms with van der Waals surface area (Å²) in [6.45, 7) is -0.118. The first-order chi connectivity index (χ1) is 10.1. The van der Waals surface area contributed by atoms with Crippen LogP contribution in [0.1, 0.15) is 6.42 Å². The standard InChI is InChI=1S/C9H8F9NO3S/c10-6(11,8(14,15)16)7(12,13)9(17,18)23(20,21)22-5-1-3-19-4-2-5/h1,19H,2-4H2. The maximum atomic E-state index is 13.3. The van der Waals surface area contributed by atoms with Gasteiger partial charge in [0.15, 0.2) is 0 Å². The van der Waals surface area contributed by atoms with E-state index in [0.29, 0.717) is 0 Å². The molecule has 0 aromatic carbocycles. The summed E-state index contributed by atoms with van der Waals surface area (Å²) in [4.78, 5) is 0. The lowest BCUT2D eigenvalue weighted by molar-refractivity contribution is -0.382. The lowest BCUT2D eigenvalue weighted by Gasteiger charge is -2.32. The molecule has 1 N–H and O–H groups in total. The first-order valence-electron chi connectivity index (χ1n) is 5.62. The average molecular weight is 381 g/mol. The van der Waals surface area contributed by atoms with Crippen LogP contribution in [0.2, 0.25) is 0 Å². The summed E-state index contributed by atoms with van der Waals surface area (Å²) in [6, 6.07) is 0. The molecule has 1 aliphatic heterocycles. The van der Waals surface area contributed by atoms with Gasteiger partial charge in [0.1, 0.15) is 5.76 Å². The fourth-order valence-electron chi connectivity index (χ4n) is 1.39. The van der Waals surface area contributed by atoms with Crippen molar-refractivity contribution >= 4 is 10.1 Å². The van der Waals surface area contributed by atoms with E-state index in [4.69, 9.17) is 0 Å². The summed E-state index contributed by atoms with van der Waals surface area (Å²) >= 11 is 0. The van der Waals surface area contributed by atoms with E-state index in [2.05, 4.69) is 9.50 Å². The van der Waals surface area contributed by atoms with Crippen molar-refractivity contribution in [1.82, 2.24) is 5.32 Å². The molecule has 0 radical (unpaired) electrons. The molecule has 4 nitrogen and oxygen atoms in total. The second-order valence-corrected chi connectivity index (χ2v) is 5.91. The van der Waals surface area contributed by atoms with Gasteiger partial charge in [-0.05, 0) is 6.08 Å². The summed E-state index contributed by atoms with van der Waals surface area (Å²) in [7, 11) is -6.82. The Morgan fingerprint density at radius 3 is 1.87 bits per heavy atom. The summed E-state index contributed by atoms with van der Waals surface area (Å²) in [6.07, 6.45) is -6.66. The second-order valence-electron chi connectivity index (χ2n) is 4.33. The molecule has 0 aromatic heterocycles. The third kappa shape index (κ3) is 3.22. The monoisotopic (exact) mass is 381 g/mol. The van der Waals surface area contributed by atoms with Crippen molar-refractivity contribution in [2.45, 2.75) is 29.7 Å². The van der Waals surface area contributed by atoms with Gasteiger partial charge in [0.25, 0.3) is 0 Å². The van der Waals surface area contributed by atoms with Crippen LogP contribution in [0.4, 0.5) is 39.5 Å². The summed E-state index contributed by atoms with van der Waals surface area (Å²) < 4.78 is 139. The molecule has 0 aliphatic carbocycles. The molecule has 136 valence electrons. The van der Waals surface area contributed by atoms with E-state index in [1.807, 2.05) is 0 Å². The fourth-order valence-corrected chi connectivity index (χ4v) is 2.37. The molecule has 1 heterocycles. The zero-order valence-corrected chi connectivity index (χ0v) is 11.5. The molecule has 0 saturated carbocycles. The normalized spacial score (nSPS) is 18.6. The zero-order valence-electron chi connectivity index (χ0n) is 10.7. The van der Waals surface area contributed by atoms with Gasteiger partial charge in [-0.1, -0.05) is 0 Å². The largest absolute Gasteiger partial charge is 0.460 e. The van der Waals surface area contributed by atoms with Crippen LogP contribution < -0.4 is 5.32 Å².